The van der Waals surface area contributed by atoms with Crippen LogP contribution in [-0.4, -0.2) is 19.0 Å². The maximum Gasteiger partial charge on any atom is 0.126 e. The maximum absolute atomic E-state index is 13.1. The second kappa shape index (κ2) is 4.07. The summed E-state index contributed by atoms with van der Waals surface area (Å²) >= 11 is 5.95. The predicted octanol–water partition coefficient (Wildman–Crippen LogP) is 2.85. The summed E-state index contributed by atoms with van der Waals surface area (Å²) in [6, 6.07) is 3.16. The molecule has 0 fully saturated rings. The Morgan fingerprint density at radius 2 is 2.00 bits per heavy atom. The Labute approximate surface area is 83.1 Å². The molecule has 0 spiro atoms. The first kappa shape index (κ1) is 10.5. The third-order valence-electron chi connectivity index (χ3n) is 1.81. The third kappa shape index (κ3) is 2.68. The lowest BCUT2D eigenvalue weighted by Crippen LogP contribution is -2.11. The van der Waals surface area contributed by atoms with Crippen LogP contribution in [0.2, 0.25) is 5.02 Å². The van der Waals surface area contributed by atoms with Crippen LogP contribution in [0.4, 0.5) is 4.39 Å². The quantitative estimate of drug-likeness (QED) is 0.711. The summed E-state index contributed by atoms with van der Waals surface area (Å²) < 4.78 is 13.1. The van der Waals surface area contributed by atoms with Crippen LogP contribution in [0, 0.1) is 12.7 Å². The summed E-state index contributed by atoms with van der Waals surface area (Å²) in [5, 5.41) is 0.632. The van der Waals surface area contributed by atoms with Gasteiger partial charge in [0.15, 0.2) is 0 Å². The molecule has 0 N–H and O–H groups in total. The predicted molar refractivity (Wildman–Crippen MR) is 53.5 cm³/mol. The van der Waals surface area contributed by atoms with Crippen LogP contribution in [0.15, 0.2) is 12.1 Å². The molecular weight excluding hydrogens is 189 g/mol. The van der Waals surface area contributed by atoms with Gasteiger partial charge in [-0.3, -0.25) is 0 Å². The van der Waals surface area contributed by atoms with E-state index in [0.717, 1.165) is 5.56 Å². The number of rotatable bonds is 2. The average molecular weight is 202 g/mol. The second-order valence-electron chi connectivity index (χ2n) is 3.43. The monoisotopic (exact) mass is 201 g/mol. The van der Waals surface area contributed by atoms with Crippen molar-refractivity contribution >= 4 is 11.6 Å². The molecule has 1 aromatic carbocycles. The van der Waals surface area contributed by atoms with Crippen molar-refractivity contribution in [3.8, 4) is 0 Å². The molecule has 0 aromatic heterocycles. The molecular formula is C10H13ClFN. The van der Waals surface area contributed by atoms with Gasteiger partial charge in [0.2, 0.25) is 0 Å². The van der Waals surface area contributed by atoms with Crippen LogP contribution in [0.5, 0.6) is 0 Å². The molecule has 1 nitrogen and oxygen atoms in total. The third-order valence-corrected chi connectivity index (χ3v) is 2.17. The highest BCUT2D eigenvalue weighted by Gasteiger charge is 2.06. The lowest BCUT2D eigenvalue weighted by molar-refractivity contribution is 0.401. The Morgan fingerprint density at radius 3 is 2.54 bits per heavy atom. The Kier molecular flexibility index (Phi) is 3.28. The van der Waals surface area contributed by atoms with E-state index in [1.807, 2.05) is 19.0 Å². The molecule has 0 atom stereocenters. The summed E-state index contributed by atoms with van der Waals surface area (Å²) in [6.07, 6.45) is 0. The fraction of sp³-hybridized carbons (Fsp3) is 0.400. The van der Waals surface area contributed by atoms with Gasteiger partial charge in [-0.05, 0) is 44.3 Å². The molecule has 0 bridgehead atoms. The van der Waals surface area contributed by atoms with E-state index >= 15 is 0 Å². The topological polar surface area (TPSA) is 3.24 Å². The summed E-state index contributed by atoms with van der Waals surface area (Å²) in [5.74, 6) is -0.193. The number of hydrogen-bond acceptors (Lipinski definition) is 1. The second-order valence-corrected chi connectivity index (χ2v) is 3.84. The Morgan fingerprint density at radius 1 is 1.38 bits per heavy atom. The number of nitrogens with zero attached hydrogens (tertiary/aromatic N) is 1. The van der Waals surface area contributed by atoms with Crippen LogP contribution in [0.3, 0.4) is 0 Å². The SMILES string of the molecule is Cc1cc(Cl)c(CN(C)C)cc1F. The zero-order valence-electron chi connectivity index (χ0n) is 8.06. The van der Waals surface area contributed by atoms with E-state index in [-0.39, 0.29) is 5.82 Å². The summed E-state index contributed by atoms with van der Waals surface area (Å²) in [7, 11) is 3.85. The minimum absolute atomic E-state index is 0.193. The van der Waals surface area contributed by atoms with E-state index in [4.69, 9.17) is 11.6 Å². The Bertz CT molecular complexity index is 310. The zero-order chi connectivity index (χ0) is 10.0. The molecule has 0 aliphatic rings. The van der Waals surface area contributed by atoms with Gasteiger partial charge < -0.3 is 4.90 Å². The molecule has 0 aliphatic carbocycles. The first-order chi connectivity index (χ1) is 6.00. The van der Waals surface area contributed by atoms with Crippen molar-refractivity contribution in [3.63, 3.8) is 0 Å². The van der Waals surface area contributed by atoms with Gasteiger partial charge in [0.1, 0.15) is 5.82 Å². The number of aryl methyl sites for hydroxylation is 1. The Balaban J connectivity index is 3.01. The Hall–Kier alpha value is -0.600. The van der Waals surface area contributed by atoms with Crippen molar-refractivity contribution in [2.75, 3.05) is 14.1 Å². The fourth-order valence-electron chi connectivity index (χ4n) is 1.15. The van der Waals surface area contributed by atoms with E-state index in [9.17, 15) is 4.39 Å². The molecule has 0 saturated carbocycles. The van der Waals surface area contributed by atoms with Crippen LogP contribution in [0.25, 0.3) is 0 Å². The normalized spacial score (nSPS) is 10.9. The zero-order valence-corrected chi connectivity index (χ0v) is 8.82. The maximum atomic E-state index is 13.1. The van der Waals surface area contributed by atoms with Crippen molar-refractivity contribution < 1.29 is 4.39 Å². The fourth-order valence-corrected chi connectivity index (χ4v) is 1.43. The van der Waals surface area contributed by atoms with Crippen LogP contribution in [0.1, 0.15) is 11.1 Å². The van der Waals surface area contributed by atoms with E-state index in [0.29, 0.717) is 17.1 Å². The van der Waals surface area contributed by atoms with Crippen LogP contribution in [-0.2, 0) is 6.54 Å². The van der Waals surface area contributed by atoms with Crippen molar-refractivity contribution in [2.45, 2.75) is 13.5 Å². The minimum atomic E-state index is -0.193. The summed E-state index contributed by atoms with van der Waals surface area (Å²) in [4.78, 5) is 1.95. The van der Waals surface area contributed by atoms with E-state index in [1.165, 1.54) is 6.07 Å². The van der Waals surface area contributed by atoms with Gasteiger partial charge in [-0.25, -0.2) is 4.39 Å². The number of hydrogen-bond donors (Lipinski definition) is 0. The molecule has 72 valence electrons. The van der Waals surface area contributed by atoms with Crippen molar-refractivity contribution in [1.29, 1.82) is 0 Å². The molecule has 0 saturated heterocycles. The molecule has 0 unspecified atom stereocenters. The standard InChI is InChI=1S/C10H13ClFN/c1-7-4-9(11)8(5-10(7)12)6-13(2)3/h4-5H,6H2,1-3H3. The van der Waals surface area contributed by atoms with Crippen LogP contribution < -0.4 is 0 Å². The molecule has 0 amide bonds. The average Bonchev–Trinajstić information content (AvgIpc) is 1.99. The van der Waals surface area contributed by atoms with Gasteiger partial charge in [0.25, 0.3) is 0 Å². The van der Waals surface area contributed by atoms with Crippen molar-refractivity contribution in [3.05, 3.63) is 34.1 Å². The minimum Gasteiger partial charge on any atom is -0.305 e. The van der Waals surface area contributed by atoms with Crippen LogP contribution >= 0.6 is 11.6 Å². The molecule has 13 heavy (non-hydrogen) atoms. The van der Waals surface area contributed by atoms with E-state index in [1.54, 1.807) is 13.0 Å². The first-order valence-corrected chi connectivity index (χ1v) is 4.47. The number of benzene rings is 1. The highest BCUT2D eigenvalue weighted by Crippen LogP contribution is 2.21. The van der Waals surface area contributed by atoms with Gasteiger partial charge in [-0.1, -0.05) is 11.6 Å². The van der Waals surface area contributed by atoms with Gasteiger partial charge in [0.05, 0.1) is 0 Å². The lowest BCUT2D eigenvalue weighted by atomic mass is 10.1. The molecule has 0 aliphatic heterocycles. The molecule has 1 rings (SSSR count). The van der Waals surface area contributed by atoms with Crippen molar-refractivity contribution in [2.24, 2.45) is 0 Å². The summed E-state index contributed by atoms with van der Waals surface area (Å²) in [5.41, 5.74) is 1.42. The van der Waals surface area contributed by atoms with E-state index < -0.39 is 0 Å². The first-order valence-electron chi connectivity index (χ1n) is 4.10. The smallest absolute Gasteiger partial charge is 0.126 e. The molecule has 0 heterocycles. The largest absolute Gasteiger partial charge is 0.305 e. The van der Waals surface area contributed by atoms with Gasteiger partial charge >= 0.3 is 0 Å². The number of halogens is 2. The highest BCUT2D eigenvalue weighted by molar-refractivity contribution is 6.31. The van der Waals surface area contributed by atoms with Gasteiger partial charge in [0, 0.05) is 11.6 Å². The van der Waals surface area contributed by atoms with Gasteiger partial charge in [-0.15, -0.1) is 0 Å². The molecule has 1 aromatic rings. The van der Waals surface area contributed by atoms with Crippen molar-refractivity contribution in [1.82, 2.24) is 4.90 Å². The molecule has 0 radical (unpaired) electrons. The summed E-state index contributed by atoms with van der Waals surface area (Å²) in [6.45, 7) is 2.37. The van der Waals surface area contributed by atoms with E-state index in [2.05, 4.69) is 0 Å². The van der Waals surface area contributed by atoms with Gasteiger partial charge in [-0.2, -0.15) is 0 Å². The molecule has 3 heteroatoms. The lowest BCUT2D eigenvalue weighted by Gasteiger charge is -2.11. The highest BCUT2D eigenvalue weighted by atomic mass is 35.5.